The van der Waals surface area contributed by atoms with Crippen molar-refractivity contribution in [1.29, 1.82) is 0 Å². The van der Waals surface area contributed by atoms with E-state index in [-0.39, 0.29) is 0 Å². The predicted molar refractivity (Wildman–Crippen MR) is 74.2 cm³/mol. The number of rotatable bonds is 2. The van der Waals surface area contributed by atoms with Crippen LogP contribution in [0.25, 0.3) is 5.82 Å². The molecule has 1 atom stereocenters. The summed E-state index contributed by atoms with van der Waals surface area (Å²) in [6.45, 7) is 4.27. The first-order valence-corrected chi connectivity index (χ1v) is 6.61. The molecule has 0 aliphatic carbocycles. The lowest BCUT2D eigenvalue weighted by Gasteiger charge is -2.32. The van der Waals surface area contributed by atoms with Gasteiger partial charge >= 0.3 is 0 Å². The van der Waals surface area contributed by atoms with Gasteiger partial charge in [-0.05, 0) is 24.8 Å². The minimum absolute atomic E-state index is 0.598. The molecule has 1 aliphatic rings. The molecule has 2 aromatic rings. The van der Waals surface area contributed by atoms with Crippen LogP contribution < -0.4 is 10.6 Å². The second-order valence-corrected chi connectivity index (χ2v) is 5.08. The lowest BCUT2D eigenvalue weighted by Crippen LogP contribution is -2.35. The molecule has 19 heavy (non-hydrogen) atoms. The third kappa shape index (κ3) is 2.25. The summed E-state index contributed by atoms with van der Waals surface area (Å²) in [6, 6.07) is 1.85. The van der Waals surface area contributed by atoms with Crippen molar-refractivity contribution < 1.29 is 0 Å². The van der Waals surface area contributed by atoms with Crippen LogP contribution in [-0.2, 0) is 0 Å². The van der Waals surface area contributed by atoms with Crippen LogP contribution in [0.3, 0.4) is 0 Å². The average molecular weight is 258 g/mol. The van der Waals surface area contributed by atoms with Crippen molar-refractivity contribution in [2.45, 2.75) is 19.8 Å². The van der Waals surface area contributed by atoms with Crippen LogP contribution >= 0.6 is 0 Å². The largest absolute Gasteiger partial charge is 0.393 e. The van der Waals surface area contributed by atoms with E-state index in [1.165, 1.54) is 12.8 Å². The normalized spacial score (nSPS) is 19.6. The van der Waals surface area contributed by atoms with E-state index in [1.54, 1.807) is 17.2 Å². The van der Waals surface area contributed by atoms with Crippen molar-refractivity contribution in [2.75, 3.05) is 23.7 Å². The molecule has 0 aromatic carbocycles. The Morgan fingerprint density at radius 2 is 2.16 bits per heavy atom. The van der Waals surface area contributed by atoms with Gasteiger partial charge in [-0.25, -0.2) is 14.6 Å². The number of hydrogen-bond acceptors (Lipinski definition) is 5. The van der Waals surface area contributed by atoms with Crippen LogP contribution in [0, 0.1) is 5.92 Å². The Morgan fingerprint density at radius 3 is 2.89 bits per heavy atom. The summed E-state index contributed by atoms with van der Waals surface area (Å²) in [6.07, 6.45) is 7.56. The van der Waals surface area contributed by atoms with Gasteiger partial charge in [0.2, 0.25) is 0 Å². The van der Waals surface area contributed by atoms with Crippen LogP contribution in [0.4, 0.5) is 11.5 Å². The zero-order valence-corrected chi connectivity index (χ0v) is 11.0. The Balaban J connectivity index is 1.96. The standard InChI is InChI=1S/C13H18N6/c1-10-4-2-6-18(8-10)12-11(14)13(16-9-15-12)19-7-3-5-17-19/h3,5,7,9-10H,2,4,6,8,14H2,1H3. The van der Waals surface area contributed by atoms with E-state index in [4.69, 9.17) is 5.73 Å². The SMILES string of the molecule is CC1CCCN(c2ncnc(-n3cccn3)c2N)C1. The molecule has 2 N–H and O–H groups in total. The Morgan fingerprint density at radius 1 is 1.32 bits per heavy atom. The predicted octanol–water partition coefficient (Wildman–Crippen LogP) is 1.48. The van der Waals surface area contributed by atoms with E-state index in [0.29, 0.717) is 17.4 Å². The lowest BCUT2D eigenvalue weighted by atomic mass is 10.0. The van der Waals surface area contributed by atoms with E-state index in [1.807, 2.05) is 12.3 Å². The van der Waals surface area contributed by atoms with Gasteiger partial charge in [0.15, 0.2) is 11.6 Å². The van der Waals surface area contributed by atoms with Crippen LogP contribution in [0.5, 0.6) is 0 Å². The van der Waals surface area contributed by atoms with E-state index < -0.39 is 0 Å². The molecular weight excluding hydrogens is 240 g/mol. The average Bonchev–Trinajstić information content (AvgIpc) is 2.93. The van der Waals surface area contributed by atoms with Crippen molar-refractivity contribution in [3.63, 3.8) is 0 Å². The molecule has 0 spiro atoms. The number of hydrogen-bond donors (Lipinski definition) is 1. The molecule has 1 unspecified atom stereocenters. The fraction of sp³-hybridized carbons (Fsp3) is 0.462. The quantitative estimate of drug-likeness (QED) is 0.883. The second-order valence-electron chi connectivity index (χ2n) is 5.08. The molecule has 6 nitrogen and oxygen atoms in total. The third-order valence-electron chi connectivity index (χ3n) is 3.52. The fourth-order valence-corrected chi connectivity index (χ4v) is 2.59. The zero-order valence-electron chi connectivity index (χ0n) is 11.0. The first-order chi connectivity index (χ1) is 9.25. The van der Waals surface area contributed by atoms with Crippen LogP contribution in [0.2, 0.25) is 0 Å². The molecule has 1 fully saturated rings. The Bertz CT molecular complexity index is 550. The molecule has 1 aliphatic heterocycles. The number of piperidine rings is 1. The number of nitrogens with two attached hydrogens (primary N) is 1. The van der Waals surface area contributed by atoms with Crippen LogP contribution in [0.15, 0.2) is 24.8 Å². The molecule has 3 heterocycles. The van der Waals surface area contributed by atoms with E-state index in [9.17, 15) is 0 Å². The van der Waals surface area contributed by atoms with Crippen molar-refractivity contribution in [2.24, 2.45) is 5.92 Å². The summed E-state index contributed by atoms with van der Waals surface area (Å²) in [5, 5.41) is 4.18. The molecule has 3 rings (SSSR count). The summed E-state index contributed by atoms with van der Waals surface area (Å²) in [4.78, 5) is 10.8. The smallest absolute Gasteiger partial charge is 0.181 e. The van der Waals surface area contributed by atoms with Gasteiger partial charge in [-0.2, -0.15) is 5.10 Å². The van der Waals surface area contributed by atoms with Gasteiger partial charge in [0.25, 0.3) is 0 Å². The first kappa shape index (κ1) is 12.0. The van der Waals surface area contributed by atoms with Gasteiger partial charge in [-0.3, -0.25) is 0 Å². The molecular formula is C13H18N6. The molecule has 100 valence electrons. The molecule has 1 saturated heterocycles. The summed E-state index contributed by atoms with van der Waals surface area (Å²) in [7, 11) is 0. The summed E-state index contributed by atoms with van der Waals surface area (Å²) in [5.41, 5.74) is 6.82. The Labute approximate surface area is 112 Å². The monoisotopic (exact) mass is 258 g/mol. The van der Waals surface area contributed by atoms with Gasteiger partial charge in [0, 0.05) is 25.5 Å². The van der Waals surface area contributed by atoms with Gasteiger partial charge in [-0.15, -0.1) is 0 Å². The molecule has 6 heteroatoms. The third-order valence-corrected chi connectivity index (χ3v) is 3.52. The lowest BCUT2D eigenvalue weighted by molar-refractivity contribution is 0.444. The molecule has 0 bridgehead atoms. The molecule has 2 aromatic heterocycles. The molecule has 0 saturated carbocycles. The summed E-state index contributed by atoms with van der Waals surface area (Å²) >= 11 is 0. The summed E-state index contributed by atoms with van der Waals surface area (Å²) < 4.78 is 1.67. The van der Waals surface area contributed by atoms with Gasteiger partial charge < -0.3 is 10.6 Å². The van der Waals surface area contributed by atoms with Crippen LogP contribution in [0.1, 0.15) is 19.8 Å². The number of aromatic nitrogens is 4. The van der Waals surface area contributed by atoms with Crippen molar-refractivity contribution >= 4 is 11.5 Å². The minimum Gasteiger partial charge on any atom is -0.393 e. The highest BCUT2D eigenvalue weighted by Gasteiger charge is 2.21. The maximum Gasteiger partial charge on any atom is 0.181 e. The zero-order chi connectivity index (χ0) is 13.2. The highest BCUT2D eigenvalue weighted by molar-refractivity contribution is 5.70. The van der Waals surface area contributed by atoms with Crippen molar-refractivity contribution in [1.82, 2.24) is 19.7 Å². The topological polar surface area (TPSA) is 72.9 Å². The highest BCUT2D eigenvalue weighted by Crippen LogP contribution is 2.28. The van der Waals surface area contributed by atoms with Crippen molar-refractivity contribution in [3.8, 4) is 5.82 Å². The number of nitrogens with zero attached hydrogens (tertiary/aromatic N) is 5. The Kier molecular flexibility index (Phi) is 3.06. The molecule has 0 amide bonds. The molecule has 0 radical (unpaired) electrons. The maximum atomic E-state index is 6.22. The van der Waals surface area contributed by atoms with Gasteiger partial charge in [-0.1, -0.05) is 6.92 Å². The van der Waals surface area contributed by atoms with Crippen molar-refractivity contribution in [3.05, 3.63) is 24.8 Å². The minimum atomic E-state index is 0.598. The highest BCUT2D eigenvalue weighted by atomic mass is 15.3. The Hall–Kier alpha value is -2.11. The van der Waals surface area contributed by atoms with Gasteiger partial charge in [0.1, 0.15) is 12.0 Å². The summed E-state index contributed by atoms with van der Waals surface area (Å²) in [5.74, 6) is 2.15. The maximum absolute atomic E-state index is 6.22. The van der Waals surface area contributed by atoms with E-state index in [0.717, 1.165) is 18.9 Å². The number of nitrogen functional groups attached to an aromatic ring is 1. The fourth-order valence-electron chi connectivity index (χ4n) is 2.59. The second kappa shape index (κ2) is 4.87. The first-order valence-electron chi connectivity index (χ1n) is 6.61. The van der Waals surface area contributed by atoms with E-state index in [2.05, 4.69) is 26.9 Å². The van der Waals surface area contributed by atoms with Gasteiger partial charge in [0.05, 0.1) is 0 Å². The van der Waals surface area contributed by atoms with Crippen LogP contribution in [-0.4, -0.2) is 32.8 Å². The number of anilines is 2. The van der Waals surface area contributed by atoms with E-state index >= 15 is 0 Å².